The minimum absolute atomic E-state index is 0.0763. The molecule has 0 amide bonds. The maximum atomic E-state index is 10.8. The lowest BCUT2D eigenvalue weighted by Gasteiger charge is -2.08. The van der Waals surface area contributed by atoms with Crippen molar-refractivity contribution in [3.8, 4) is 0 Å². The van der Waals surface area contributed by atoms with Gasteiger partial charge in [0.2, 0.25) is 0 Å². The van der Waals surface area contributed by atoms with Crippen LogP contribution < -0.4 is 5.32 Å². The summed E-state index contributed by atoms with van der Waals surface area (Å²) in [5.74, 6) is 0. The second kappa shape index (κ2) is 5.46. The van der Waals surface area contributed by atoms with Gasteiger partial charge in [-0.05, 0) is 25.5 Å². The molecule has 0 aromatic heterocycles. The molecule has 1 aromatic rings. The first-order chi connectivity index (χ1) is 7.54. The van der Waals surface area contributed by atoms with Crippen LogP contribution in [0.3, 0.4) is 0 Å². The van der Waals surface area contributed by atoms with Gasteiger partial charge in [-0.15, -0.1) is 0 Å². The van der Waals surface area contributed by atoms with E-state index in [1.54, 1.807) is 13.1 Å². The van der Waals surface area contributed by atoms with Gasteiger partial charge in [0.1, 0.15) is 5.69 Å². The zero-order valence-corrected chi connectivity index (χ0v) is 9.69. The van der Waals surface area contributed by atoms with Crippen molar-refractivity contribution in [1.29, 1.82) is 0 Å². The molecule has 0 aliphatic rings. The Bertz CT molecular complexity index is 377. The van der Waals surface area contributed by atoms with Gasteiger partial charge in [0, 0.05) is 13.1 Å². The highest BCUT2D eigenvalue weighted by molar-refractivity contribution is 5.62. The van der Waals surface area contributed by atoms with Crippen LogP contribution in [0.25, 0.3) is 0 Å². The molecule has 1 N–H and O–H groups in total. The molecule has 0 bridgehead atoms. The second-order valence-electron chi connectivity index (χ2n) is 3.72. The summed E-state index contributed by atoms with van der Waals surface area (Å²) in [6.07, 6.45) is 0.114. The summed E-state index contributed by atoms with van der Waals surface area (Å²) in [5, 5.41) is 13.6. The topological polar surface area (TPSA) is 64.4 Å². The maximum absolute atomic E-state index is 10.8. The zero-order chi connectivity index (χ0) is 12.1. The number of benzene rings is 1. The van der Waals surface area contributed by atoms with Crippen LogP contribution in [0.2, 0.25) is 0 Å². The monoisotopic (exact) mass is 224 g/mol. The van der Waals surface area contributed by atoms with Crippen LogP contribution in [0, 0.1) is 10.1 Å². The quantitative estimate of drug-likeness (QED) is 0.616. The summed E-state index contributed by atoms with van der Waals surface area (Å²) in [7, 11) is 1.66. The Morgan fingerprint density at radius 3 is 2.69 bits per heavy atom. The SMILES string of the molecule is CNc1ccc(COC(C)C)cc1[N+](=O)[O-]. The third-order valence-corrected chi connectivity index (χ3v) is 2.11. The highest BCUT2D eigenvalue weighted by Crippen LogP contribution is 2.25. The number of ether oxygens (including phenoxy) is 1. The molecule has 0 atom stereocenters. The predicted molar refractivity (Wildman–Crippen MR) is 62.6 cm³/mol. The predicted octanol–water partition coefficient (Wildman–Crippen LogP) is 2.56. The van der Waals surface area contributed by atoms with E-state index in [0.717, 1.165) is 5.56 Å². The average Bonchev–Trinajstić information content (AvgIpc) is 2.25. The molecule has 0 radical (unpaired) electrons. The first-order valence-electron chi connectivity index (χ1n) is 5.11. The zero-order valence-electron chi connectivity index (χ0n) is 9.69. The lowest BCUT2D eigenvalue weighted by molar-refractivity contribution is -0.384. The molecular weight excluding hydrogens is 208 g/mol. The number of rotatable bonds is 5. The van der Waals surface area contributed by atoms with Crippen molar-refractivity contribution in [2.24, 2.45) is 0 Å². The molecule has 0 unspecified atom stereocenters. The van der Waals surface area contributed by atoms with Crippen molar-refractivity contribution in [2.75, 3.05) is 12.4 Å². The Hall–Kier alpha value is -1.62. The van der Waals surface area contributed by atoms with Crippen LogP contribution in [0.1, 0.15) is 19.4 Å². The first kappa shape index (κ1) is 12.4. The van der Waals surface area contributed by atoms with Gasteiger partial charge in [-0.3, -0.25) is 10.1 Å². The van der Waals surface area contributed by atoms with Gasteiger partial charge in [0.25, 0.3) is 5.69 Å². The molecule has 1 aromatic carbocycles. The molecule has 5 nitrogen and oxygen atoms in total. The highest BCUT2D eigenvalue weighted by Gasteiger charge is 2.13. The van der Waals surface area contributed by atoms with Crippen LogP contribution in [0.4, 0.5) is 11.4 Å². The number of anilines is 1. The molecule has 16 heavy (non-hydrogen) atoms. The fourth-order valence-corrected chi connectivity index (χ4v) is 1.29. The molecule has 0 saturated carbocycles. The van der Waals surface area contributed by atoms with Crippen molar-refractivity contribution in [3.05, 3.63) is 33.9 Å². The third kappa shape index (κ3) is 3.20. The van der Waals surface area contributed by atoms with E-state index < -0.39 is 4.92 Å². The number of hydrogen-bond acceptors (Lipinski definition) is 4. The summed E-state index contributed by atoms with van der Waals surface area (Å²) in [6, 6.07) is 5.05. The second-order valence-corrected chi connectivity index (χ2v) is 3.72. The average molecular weight is 224 g/mol. The molecule has 1 rings (SSSR count). The largest absolute Gasteiger partial charge is 0.383 e. The Labute approximate surface area is 94.6 Å². The third-order valence-electron chi connectivity index (χ3n) is 2.11. The number of nitrogens with one attached hydrogen (secondary N) is 1. The number of nitro groups is 1. The minimum atomic E-state index is -0.398. The summed E-state index contributed by atoms with van der Waals surface area (Å²) >= 11 is 0. The van der Waals surface area contributed by atoms with Gasteiger partial charge in [-0.25, -0.2) is 0 Å². The van der Waals surface area contributed by atoms with Crippen LogP contribution in [0.15, 0.2) is 18.2 Å². The molecule has 0 fully saturated rings. The smallest absolute Gasteiger partial charge is 0.292 e. The Morgan fingerprint density at radius 2 is 2.19 bits per heavy atom. The van der Waals surface area contributed by atoms with Crippen LogP contribution in [-0.4, -0.2) is 18.1 Å². The van der Waals surface area contributed by atoms with Gasteiger partial charge >= 0.3 is 0 Å². The fraction of sp³-hybridized carbons (Fsp3) is 0.455. The van der Waals surface area contributed by atoms with Crippen molar-refractivity contribution in [3.63, 3.8) is 0 Å². The van der Waals surface area contributed by atoms with E-state index in [0.29, 0.717) is 12.3 Å². The Balaban J connectivity index is 2.89. The standard InChI is InChI=1S/C11H16N2O3/c1-8(2)16-7-9-4-5-10(12-3)11(6-9)13(14)15/h4-6,8,12H,7H2,1-3H3. The van der Waals surface area contributed by atoms with Crippen molar-refractivity contribution >= 4 is 11.4 Å². The fourth-order valence-electron chi connectivity index (χ4n) is 1.29. The highest BCUT2D eigenvalue weighted by atomic mass is 16.6. The van der Waals surface area contributed by atoms with Crippen LogP contribution >= 0.6 is 0 Å². The molecule has 5 heteroatoms. The van der Waals surface area contributed by atoms with Crippen molar-refractivity contribution in [2.45, 2.75) is 26.6 Å². The maximum Gasteiger partial charge on any atom is 0.292 e. The molecule has 0 saturated heterocycles. The minimum Gasteiger partial charge on any atom is -0.383 e. The molecule has 0 heterocycles. The Kier molecular flexibility index (Phi) is 4.25. The van der Waals surface area contributed by atoms with Crippen molar-refractivity contribution < 1.29 is 9.66 Å². The van der Waals surface area contributed by atoms with E-state index >= 15 is 0 Å². The van der Waals surface area contributed by atoms with E-state index in [2.05, 4.69) is 5.32 Å². The van der Waals surface area contributed by atoms with E-state index in [4.69, 9.17) is 4.74 Å². The summed E-state index contributed by atoms with van der Waals surface area (Å²) in [5.41, 5.74) is 1.39. The molecule has 88 valence electrons. The molecule has 0 aliphatic heterocycles. The van der Waals surface area contributed by atoms with Crippen molar-refractivity contribution in [1.82, 2.24) is 0 Å². The van der Waals surface area contributed by atoms with Crippen LogP contribution in [-0.2, 0) is 11.3 Å². The van der Waals surface area contributed by atoms with Gasteiger partial charge in [-0.2, -0.15) is 0 Å². The Morgan fingerprint density at radius 1 is 1.50 bits per heavy atom. The number of nitrogens with zero attached hydrogens (tertiary/aromatic N) is 1. The lowest BCUT2D eigenvalue weighted by atomic mass is 10.2. The molecular formula is C11H16N2O3. The lowest BCUT2D eigenvalue weighted by Crippen LogP contribution is -2.03. The van der Waals surface area contributed by atoms with E-state index in [9.17, 15) is 10.1 Å². The van der Waals surface area contributed by atoms with E-state index in [-0.39, 0.29) is 11.8 Å². The normalized spacial score (nSPS) is 10.5. The summed E-state index contributed by atoms with van der Waals surface area (Å²) in [4.78, 5) is 10.4. The van der Waals surface area contributed by atoms with E-state index in [1.807, 2.05) is 19.9 Å². The van der Waals surface area contributed by atoms with E-state index in [1.165, 1.54) is 6.07 Å². The van der Waals surface area contributed by atoms with Gasteiger partial charge < -0.3 is 10.1 Å². The number of nitro benzene ring substituents is 1. The van der Waals surface area contributed by atoms with Gasteiger partial charge in [0.05, 0.1) is 17.6 Å². The summed E-state index contributed by atoms with van der Waals surface area (Å²) in [6.45, 7) is 4.25. The van der Waals surface area contributed by atoms with Gasteiger partial charge in [0.15, 0.2) is 0 Å². The molecule has 0 spiro atoms. The number of hydrogen-bond donors (Lipinski definition) is 1. The summed E-state index contributed by atoms with van der Waals surface area (Å²) < 4.78 is 5.39. The molecule has 0 aliphatic carbocycles. The first-order valence-corrected chi connectivity index (χ1v) is 5.11. The van der Waals surface area contributed by atoms with Gasteiger partial charge in [-0.1, -0.05) is 6.07 Å². The van der Waals surface area contributed by atoms with Crippen LogP contribution in [0.5, 0.6) is 0 Å².